The second-order valence-electron chi connectivity index (χ2n) is 19.6. The molecule has 0 aromatic carbocycles. The first-order valence-electron chi connectivity index (χ1n) is 20.0. The van der Waals surface area contributed by atoms with E-state index in [-0.39, 0.29) is 17.1 Å². The molecule has 0 aromatic heterocycles. The first-order chi connectivity index (χ1) is 22.2. The van der Waals surface area contributed by atoms with Crippen LogP contribution in [0.4, 0.5) is 0 Å². The highest BCUT2D eigenvalue weighted by molar-refractivity contribution is 7.79. The molecule has 7 aliphatic carbocycles. The summed E-state index contributed by atoms with van der Waals surface area (Å²) in [4.78, 5) is 0. The normalized spacial score (nSPS) is 49.9. The van der Waals surface area contributed by atoms with Crippen LogP contribution in [0.2, 0.25) is 0 Å². The molecule has 0 bridgehead atoms. The summed E-state index contributed by atoms with van der Waals surface area (Å²) in [6.07, 6.45) is 28.6. The van der Waals surface area contributed by atoms with Gasteiger partial charge in [-0.25, -0.2) is 4.21 Å². The third kappa shape index (κ3) is 5.65. The van der Waals surface area contributed by atoms with Crippen LogP contribution in [0.1, 0.15) is 157 Å². The lowest BCUT2D eigenvalue weighted by Gasteiger charge is -2.72. The molecule has 7 aliphatic rings. The highest BCUT2D eigenvalue weighted by Gasteiger charge is 2.69. The summed E-state index contributed by atoms with van der Waals surface area (Å²) in [7, 11) is 0. The SMILES string of the molecule is CC1CC=C(C2=CCC3(C)C(CCC4(C)C3CCC3C5CCCC5(NCCC5(O)CCC(OS(C)=O)CC5)CC[C@]34C)C2(C)C)CC1. The van der Waals surface area contributed by atoms with E-state index in [4.69, 9.17) is 4.18 Å². The van der Waals surface area contributed by atoms with Crippen LogP contribution in [0.25, 0.3) is 0 Å². The maximum atomic E-state index is 11.5. The summed E-state index contributed by atoms with van der Waals surface area (Å²) >= 11 is -1.22. The van der Waals surface area contributed by atoms with E-state index in [1.54, 1.807) is 17.4 Å². The predicted octanol–water partition coefficient (Wildman–Crippen LogP) is 9.84. The summed E-state index contributed by atoms with van der Waals surface area (Å²) in [6, 6.07) is 0. The van der Waals surface area contributed by atoms with Crippen molar-refractivity contribution in [3.8, 4) is 0 Å². The Kier molecular flexibility index (Phi) is 9.17. The molecule has 5 fully saturated rings. The van der Waals surface area contributed by atoms with Crippen LogP contribution in [0.15, 0.2) is 23.3 Å². The van der Waals surface area contributed by atoms with E-state index in [0.717, 1.165) is 68.2 Å². The molecule has 47 heavy (non-hydrogen) atoms. The van der Waals surface area contributed by atoms with Crippen molar-refractivity contribution < 1.29 is 13.5 Å². The van der Waals surface area contributed by atoms with E-state index in [1.165, 1.54) is 83.5 Å². The molecule has 0 aromatic rings. The molecule has 5 saturated carbocycles. The zero-order valence-electron chi connectivity index (χ0n) is 31.2. The molecule has 2 N–H and O–H groups in total. The highest BCUT2D eigenvalue weighted by Crippen LogP contribution is 2.76. The Bertz CT molecular complexity index is 1280. The van der Waals surface area contributed by atoms with E-state index in [2.05, 4.69) is 59.0 Å². The molecular formula is C42H69NO3S. The van der Waals surface area contributed by atoms with E-state index < -0.39 is 16.7 Å². The van der Waals surface area contributed by atoms with Crippen LogP contribution in [-0.2, 0) is 15.3 Å². The molecule has 0 amide bonds. The Balaban J connectivity index is 1.06. The molecule has 4 nitrogen and oxygen atoms in total. The largest absolute Gasteiger partial charge is 0.390 e. The lowest BCUT2D eigenvalue weighted by Crippen LogP contribution is -2.67. The zero-order chi connectivity index (χ0) is 33.5. The maximum absolute atomic E-state index is 11.5. The quantitative estimate of drug-likeness (QED) is 0.284. The van der Waals surface area contributed by atoms with Gasteiger partial charge in [-0.1, -0.05) is 60.1 Å². The topological polar surface area (TPSA) is 58.6 Å². The molecule has 7 rings (SSSR count). The molecular weight excluding hydrogens is 599 g/mol. The molecule has 10 atom stereocenters. The van der Waals surface area contributed by atoms with Gasteiger partial charge in [-0.3, -0.25) is 4.18 Å². The van der Waals surface area contributed by atoms with Gasteiger partial charge in [0.1, 0.15) is 0 Å². The van der Waals surface area contributed by atoms with Crippen molar-refractivity contribution in [2.24, 2.45) is 51.2 Å². The fourth-order valence-electron chi connectivity index (χ4n) is 14.4. The number of fused-ring (bicyclic) bond motifs is 7. The molecule has 9 unspecified atom stereocenters. The van der Waals surface area contributed by atoms with Gasteiger partial charge in [-0.15, -0.1) is 0 Å². The average molecular weight is 668 g/mol. The minimum absolute atomic E-state index is 0.0349. The summed E-state index contributed by atoms with van der Waals surface area (Å²) in [5.74, 6) is 4.03. The van der Waals surface area contributed by atoms with Gasteiger partial charge in [-0.2, -0.15) is 0 Å². The summed E-state index contributed by atoms with van der Waals surface area (Å²) < 4.78 is 17.1. The predicted molar refractivity (Wildman–Crippen MR) is 195 cm³/mol. The first kappa shape index (κ1) is 34.9. The average Bonchev–Trinajstić information content (AvgIpc) is 3.43. The van der Waals surface area contributed by atoms with Crippen molar-refractivity contribution in [1.82, 2.24) is 5.32 Å². The molecule has 0 spiro atoms. The number of hydrogen-bond donors (Lipinski definition) is 2. The standard InChI is InChI=1S/C42H69NO3S/c1-29-10-12-30(13-11-29)32-18-21-38(4)35(37(32,2)3)19-22-40(6)36(38)15-14-33-34-9-8-20-42(34,26-25-39(33,40)5)43-28-27-41(44)23-16-31(17-24-41)46-47(7)45/h12,18,29,31,33-36,43-44H,8-11,13-17,19-28H2,1-7H3/t29?,31?,33?,34?,35?,36?,38?,39-,40?,41?,42?,47?/m1/s1. The third-order valence-corrected chi connectivity index (χ3v) is 17.7. The van der Waals surface area contributed by atoms with Crippen molar-refractivity contribution >= 4 is 11.1 Å². The number of allylic oxidation sites excluding steroid dienone is 4. The maximum Gasteiger partial charge on any atom is 0.152 e. The van der Waals surface area contributed by atoms with Crippen molar-refractivity contribution in [1.29, 1.82) is 0 Å². The van der Waals surface area contributed by atoms with Gasteiger partial charge < -0.3 is 10.4 Å². The van der Waals surface area contributed by atoms with Crippen molar-refractivity contribution in [3.05, 3.63) is 23.3 Å². The van der Waals surface area contributed by atoms with Gasteiger partial charge in [0.05, 0.1) is 11.7 Å². The Morgan fingerprint density at radius 2 is 1.62 bits per heavy atom. The van der Waals surface area contributed by atoms with Crippen molar-refractivity contribution in [2.45, 2.75) is 174 Å². The van der Waals surface area contributed by atoms with Crippen LogP contribution >= 0.6 is 0 Å². The van der Waals surface area contributed by atoms with E-state index in [9.17, 15) is 9.32 Å². The second kappa shape index (κ2) is 12.3. The fraction of sp³-hybridized carbons (Fsp3) is 0.905. The van der Waals surface area contributed by atoms with Gasteiger partial charge >= 0.3 is 0 Å². The van der Waals surface area contributed by atoms with E-state index in [1.807, 2.05) is 0 Å². The summed E-state index contributed by atoms with van der Waals surface area (Å²) in [5, 5.41) is 15.7. The monoisotopic (exact) mass is 667 g/mol. The molecule has 5 heteroatoms. The molecule has 0 saturated heterocycles. The number of hydrogen-bond acceptors (Lipinski definition) is 4. The Labute approximate surface area is 290 Å². The number of aliphatic hydroxyl groups is 1. The molecule has 0 heterocycles. The van der Waals surface area contributed by atoms with Crippen LogP contribution in [0.5, 0.6) is 0 Å². The van der Waals surface area contributed by atoms with E-state index in [0.29, 0.717) is 16.2 Å². The van der Waals surface area contributed by atoms with Gasteiger partial charge in [0, 0.05) is 11.8 Å². The van der Waals surface area contributed by atoms with Crippen LogP contribution in [0, 0.1) is 51.2 Å². The van der Waals surface area contributed by atoms with E-state index >= 15 is 0 Å². The first-order valence-corrected chi connectivity index (χ1v) is 21.5. The van der Waals surface area contributed by atoms with Gasteiger partial charge in [0.15, 0.2) is 11.1 Å². The Morgan fingerprint density at radius 3 is 2.32 bits per heavy atom. The number of rotatable bonds is 7. The van der Waals surface area contributed by atoms with Crippen LogP contribution in [-0.4, -0.2) is 39.4 Å². The van der Waals surface area contributed by atoms with Gasteiger partial charge in [0.25, 0.3) is 0 Å². The lowest BCUT2D eigenvalue weighted by molar-refractivity contribution is -0.218. The highest BCUT2D eigenvalue weighted by atomic mass is 32.2. The van der Waals surface area contributed by atoms with Crippen molar-refractivity contribution in [2.75, 3.05) is 12.8 Å². The summed E-state index contributed by atoms with van der Waals surface area (Å²) in [5.41, 5.74) is 4.55. The summed E-state index contributed by atoms with van der Waals surface area (Å²) in [6.45, 7) is 16.9. The fourth-order valence-corrected chi connectivity index (χ4v) is 15.0. The minimum Gasteiger partial charge on any atom is -0.390 e. The molecule has 266 valence electrons. The minimum atomic E-state index is -1.22. The van der Waals surface area contributed by atoms with Gasteiger partial charge in [0.2, 0.25) is 0 Å². The van der Waals surface area contributed by atoms with Crippen LogP contribution in [0.3, 0.4) is 0 Å². The second-order valence-corrected chi connectivity index (χ2v) is 20.6. The van der Waals surface area contributed by atoms with Gasteiger partial charge in [-0.05, 0) is 178 Å². The third-order valence-electron chi connectivity index (χ3n) is 17.2. The Hall–Kier alpha value is -0.490. The number of nitrogens with one attached hydrogen (secondary N) is 1. The smallest absolute Gasteiger partial charge is 0.152 e. The van der Waals surface area contributed by atoms with Crippen LogP contribution < -0.4 is 5.32 Å². The molecule has 0 radical (unpaired) electrons. The Morgan fingerprint density at radius 1 is 0.851 bits per heavy atom. The molecule has 0 aliphatic heterocycles. The zero-order valence-corrected chi connectivity index (χ0v) is 32.0. The van der Waals surface area contributed by atoms with Crippen molar-refractivity contribution in [3.63, 3.8) is 0 Å². The lowest BCUT2D eigenvalue weighted by atomic mass is 9.33.